The van der Waals surface area contributed by atoms with Gasteiger partial charge >= 0.3 is 30.2 Å². The molecule has 0 saturated heterocycles. The van der Waals surface area contributed by atoms with Gasteiger partial charge in [0, 0.05) is 0 Å². The summed E-state index contributed by atoms with van der Waals surface area (Å²) in [6, 6.07) is 2.46. The molecule has 0 fully saturated rings. The molecule has 0 heterocycles. The van der Waals surface area contributed by atoms with Gasteiger partial charge in [-0.15, -0.1) is 0 Å². The van der Waals surface area contributed by atoms with Gasteiger partial charge in [-0.05, 0) is 10.6 Å². The van der Waals surface area contributed by atoms with Gasteiger partial charge in [-0.25, -0.2) is 4.18 Å². The van der Waals surface area contributed by atoms with Crippen LogP contribution in [0.25, 0.3) is 0 Å². The summed E-state index contributed by atoms with van der Waals surface area (Å²) < 4.78 is 101. The van der Waals surface area contributed by atoms with Crippen molar-refractivity contribution in [2.24, 2.45) is 0 Å². The summed E-state index contributed by atoms with van der Waals surface area (Å²) >= 11 is 0. The van der Waals surface area contributed by atoms with Gasteiger partial charge in [0.1, 0.15) is 4.90 Å². The monoisotopic (exact) mass is 353 g/mol. The maximum absolute atomic E-state index is 13.3. The van der Waals surface area contributed by atoms with E-state index in [-0.39, 0.29) is 6.07 Å². The molecule has 0 radical (unpaired) electrons. The highest BCUT2D eigenvalue weighted by atomic mass is 32.2. The minimum absolute atomic E-state index is 0.280. The molecular weight excluding hydrogens is 346 g/mol. The van der Waals surface area contributed by atoms with Crippen LogP contribution in [0.3, 0.4) is 0 Å². The number of benzene rings is 1. The lowest BCUT2D eigenvalue weighted by atomic mass is 10.1. The van der Waals surface area contributed by atoms with Crippen LogP contribution in [0.4, 0.5) is 22.0 Å². The molecule has 0 saturated carbocycles. The Morgan fingerprint density at radius 1 is 1.14 bits per heavy atom. The molecule has 0 spiro atoms. The van der Waals surface area contributed by atoms with E-state index in [0.717, 1.165) is 12.1 Å². The number of rotatable bonds is 5. The van der Waals surface area contributed by atoms with Crippen molar-refractivity contribution >= 4 is 18.1 Å². The van der Waals surface area contributed by atoms with E-state index >= 15 is 0 Å². The standard InChI is InChI=1S/C9H6F5O5PS/c10-8(11,9(12,13)14)6-3-1-2-4-7(6)21(17,18)19-5-20(15)16/h1-4H,5H2/p+1. The van der Waals surface area contributed by atoms with E-state index in [1.165, 1.54) is 0 Å². The Bertz CT molecular complexity index is 642. The van der Waals surface area contributed by atoms with Crippen LogP contribution in [-0.2, 0) is 24.8 Å². The predicted molar refractivity (Wildman–Crippen MR) is 59.4 cm³/mol. The second-order valence-corrected chi connectivity index (χ2v) is 6.17. The molecule has 1 aromatic carbocycles. The quantitative estimate of drug-likeness (QED) is 0.500. The van der Waals surface area contributed by atoms with Crippen LogP contribution in [0.2, 0.25) is 0 Å². The fourth-order valence-electron chi connectivity index (χ4n) is 1.27. The van der Waals surface area contributed by atoms with Crippen LogP contribution in [0, 0.1) is 0 Å². The number of halogens is 5. The zero-order valence-corrected chi connectivity index (χ0v) is 11.6. The first-order chi connectivity index (χ1) is 9.39. The molecule has 0 bridgehead atoms. The van der Waals surface area contributed by atoms with Crippen molar-refractivity contribution in [2.45, 2.75) is 17.0 Å². The molecule has 1 unspecified atom stereocenters. The molecule has 1 aromatic rings. The second kappa shape index (κ2) is 5.91. The van der Waals surface area contributed by atoms with Gasteiger partial charge in [0.15, 0.2) is 0 Å². The molecule has 12 heteroatoms. The molecule has 0 aromatic heterocycles. The Kier molecular flexibility index (Phi) is 5.04. The maximum atomic E-state index is 13.3. The second-order valence-electron chi connectivity index (χ2n) is 3.62. The summed E-state index contributed by atoms with van der Waals surface area (Å²) in [6.07, 6.45) is -7.27. The van der Waals surface area contributed by atoms with E-state index in [1.54, 1.807) is 0 Å². The number of hydrogen-bond acceptors (Lipinski definition) is 4. The summed E-state index contributed by atoms with van der Waals surface area (Å²) in [7, 11) is -8.13. The van der Waals surface area contributed by atoms with Crippen LogP contribution < -0.4 is 0 Å². The third kappa shape index (κ3) is 3.94. The molecule has 1 atom stereocenters. The van der Waals surface area contributed by atoms with E-state index in [0.29, 0.717) is 6.07 Å². The SMILES string of the molecule is O=[P+](O)COS(=O)(=O)c1ccccc1C(F)(F)C(F)(F)F. The average molecular weight is 353 g/mol. The summed E-state index contributed by atoms with van der Waals surface area (Å²) in [5, 5.41) is 0. The molecule has 0 aliphatic rings. The Morgan fingerprint density at radius 2 is 1.67 bits per heavy atom. The van der Waals surface area contributed by atoms with E-state index in [2.05, 4.69) is 4.18 Å². The Labute approximate surface area is 116 Å². The van der Waals surface area contributed by atoms with Gasteiger partial charge < -0.3 is 0 Å². The number of hydrogen-bond donors (Lipinski definition) is 1. The highest BCUT2D eigenvalue weighted by molar-refractivity contribution is 7.87. The molecular formula is C9H7F5O5PS+. The van der Waals surface area contributed by atoms with Crippen molar-refractivity contribution in [1.29, 1.82) is 0 Å². The van der Waals surface area contributed by atoms with Crippen LogP contribution in [0.1, 0.15) is 5.56 Å². The Morgan fingerprint density at radius 3 is 2.14 bits per heavy atom. The van der Waals surface area contributed by atoms with E-state index < -0.39 is 47.1 Å². The van der Waals surface area contributed by atoms with E-state index in [9.17, 15) is 34.9 Å². The van der Waals surface area contributed by atoms with E-state index in [1.807, 2.05) is 0 Å². The summed E-state index contributed by atoms with van der Waals surface area (Å²) in [6.45, 7) is 0. The van der Waals surface area contributed by atoms with Crippen LogP contribution in [0.15, 0.2) is 29.2 Å². The van der Waals surface area contributed by atoms with E-state index in [4.69, 9.17) is 4.89 Å². The Hall–Kier alpha value is -1.16. The smallest absolute Gasteiger partial charge is 0.213 e. The molecule has 5 nitrogen and oxygen atoms in total. The molecule has 118 valence electrons. The lowest BCUT2D eigenvalue weighted by Gasteiger charge is -2.21. The van der Waals surface area contributed by atoms with Gasteiger partial charge in [-0.1, -0.05) is 18.2 Å². The van der Waals surface area contributed by atoms with Crippen LogP contribution in [-0.4, -0.2) is 25.8 Å². The first-order valence-corrected chi connectivity index (χ1v) is 7.77. The van der Waals surface area contributed by atoms with Crippen LogP contribution in [0.5, 0.6) is 0 Å². The summed E-state index contributed by atoms with van der Waals surface area (Å²) in [5.74, 6) is -5.43. The largest absolute Gasteiger partial charge is 0.535 e. The fraction of sp³-hybridized carbons (Fsp3) is 0.333. The molecule has 0 aliphatic heterocycles. The summed E-state index contributed by atoms with van der Waals surface area (Å²) in [4.78, 5) is 6.99. The lowest BCUT2D eigenvalue weighted by Crippen LogP contribution is -2.35. The van der Waals surface area contributed by atoms with Gasteiger partial charge in [0.2, 0.25) is 0 Å². The van der Waals surface area contributed by atoms with Crippen molar-refractivity contribution in [1.82, 2.24) is 0 Å². The minimum Gasteiger partial charge on any atom is -0.213 e. The van der Waals surface area contributed by atoms with Gasteiger partial charge in [-0.3, -0.25) is 0 Å². The topological polar surface area (TPSA) is 80.7 Å². The predicted octanol–water partition coefficient (Wildman–Crippen LogP) is 2.74. The summed E-state index contributed by atoms with van der Waals surface area (Å²) in [5.41, 5.74) is -1.83. The van der Waals surface area contributed by atoms with Crippen LogP contribution >= 0.6 is 8.03 Å². The maximum Gasteiger partial charge on any atom is 0.535 e. The third-order valence-electron chi connectivity index (χ3n) is 2.17. The lowest BCUT2D eigenvalue weighted by molar-refractivity contribution is -0.290. The zero-order valence-electron chi connectivity index (χ0n) is 9.84. The molecule has 0 aliphatic carbocycles. The Balaban J connectivity index is 3.38. The minimum atomic E-state index is -6.01. The highest BCUT2D eigenvalue weighted by Gasteiger charge is 2.60. The zero-order chi connectivity index (χ0) is 16.5. The van der Waals surface area contributed by atoms with Crippen molar-refractivity contribution in [2.75, 3.05) is 6.35 Å². The first kappa shape index (κ1) is 17.9. The van der Waals surface area contributed by atoms with Crippen molar-refractivity contribution < 1.29 is 44.0 Å². The molecule has 1 rings (SSSR count). The van der Waals surface area contributed by atoms with Crippen molar-refractivity contribution in [3.05, 3.63) is 29.8 Å². The average Bonchev–Trinajstić information content (AvgIpc) is 2.35. The normalized spacial score (nSPS) is 14.1. The van der Waals surface area contributed by atoms with Crippen molar-refractivity contribution in [3.63, 3.8) is 0 Å². The van der Waals surface area contributed by atoms with Crippen molar-refractivity contribution in [3.8, 4) is 0 Å². The molecule has 0 amide bonds. The van der Waals surface area contributed by atoms with Gasteiger partial charge in [0.25, 0.3) is 6.35 Å². The fourth-order valence-corrected chi connectivity index (χ4v) is 3.03. The molecule has 1 N–H and O–H groups in total. The highest BCUT2D eigenvalue weighted by Crippen LogP contribution is 2.46. The molecule has 21 heavy (non-hydrogen) atoms. The van der Waals surface area contributed by atoms with Gasteiger partial charge in [0.05, 0.1) is 5.56 Å². The first-order valence-electron chi connectivity index (χ1n) is 4.96. The number of alkyl halides is 5. The third-order valence-corrected chi connectivity index (χ3v) is 4.02. The van der Waals surface area contributed by atoms with Gasteiger partial charge in [-0.2, -0.15) is 35.3 Å².